The number of halogens is 5. The first-order chi connectivity index (χ1) is 9.40. The summed E-state index contributed by atoms with van der Waals surface area (Å²) in [6.07, 6.45) is -0.435. The van der Waals surface area contributed by atoms with Gasteiger partial charge in [0.25, 0.3) is 0 Å². The topological polar surface area (TPSA) is 17.1 Å². The van der Waals surface area contributed by atoms with Crippen molar-refractivity contribution in [2.24, 2.45) is 0 Å². The van der Waals surface area contributed by atoms with E-state index < -0.39 is 29.7 Å². The van der Waals surface area contributed by atoms with Gasteiger partial charge >= 0.3 is 0 Å². The van der Waals surface area contributed by atoms with E-state index in [9.17, 15) is 18.0 Å². The van der Waals surface area contributed by atoms with Crippen LogP contribution in [0, 0.1) is 17.5 Å². The number of benzene rings is 2. The van der Waals surface area contributed by atoms with Gasteiger partial charge in [-0.25, -0.2) is 13.2 Å². The smallest absolute Gasteiger partial charge is 0.167 e. The highest BCUT2D eigenvalue weighted by Gasteiger charge is 2.17. The van der Waals surface area contributed by atoms with Gasteiger partial charge in [-0.1, -0.05) is 0 Å². The lowest BCUT2D eigenvalue weighted by Gasteiger charge is -2.06. The second kappa shape index (κ2) is 6.10. The largest absolute Gasteiger partial charge is 0.294 e. The van der Waals surface area contributed by atoms with Gasteiger partial charge in [-0.15, -0.1) is 0 Å². The summed E-state index contributed by atoms with van der Waals surface area (Å²) in [7, 11) is 0. The van der Waals surface area contributed by atoms with E-state index in [-0.39, 0.29) is 20.1 Å². The number of Topliss-reactive ketones (excluding diaryl/α,β-unsaturated/α-hetero) is 1. The van der Waals surface area contributed by atoms with E-state index in [4.69, 9.17) is 0 Å². The molecule has 0 saturated heterocycles. The molecule has 0 saturated carbocycles. The van der Waals surface area contributed by atoms with Crippen LogP contribution in [-0.4, -0.2) is 5.78 Å². The summed E-state index contributed by atoms with van der Waals surface area (Å²) >= 11 is 5.89. The molecule has 0 fully saturated rings. The van der Waals surface area contributed by atoms with Crippen molar-refractivity contribution in [1.29, 1.82) is 0 Å². The van der Waals surface area contributed by atoms with Crippen LogP contribution in [0.2, 0.25) is 0 Å². The van der Waals surface area contributed by atoms with Gasteiger partial charge in [0.2, 0.25) is 0 Å². The molecule has 0 aliphatic heterocycles. The molecule has 0 atom stereocenters. The van der Waals surface area contributed by atoms with Crippen LogP contribution in [-0.2, 0) is 6.42 Å². The quantitative estimate of drug-likeness (QED) is 0.513. The molecule has 0 heterocycles. The molecule has 2 aromatic rings. The predicted molar refractivity (Wildman–Crippen MR) is 76.2 cm³/mol. The third-order valence-corrected chi connectivity index (χ3v) is 3.94. The Morgan fingerprint density at radius 1 is 0.950 bits per heavy atom. The number of hydrogen-bond donors (Lipinski definition) is 0. The van der Waals surface area contributed by atoms with Crippen molar-refractivity contribution in [3.8, 4) is 0 Å². The van der Waals surface area contributed by atoms with Gasteiger partial charge in [0.15, 0.2) is 5.78 Å². The highest BCUT2D eigenvalue weighted by molar-refractivity contribution is 9.10. The van der Waals surface area contributed by atoms with E-state index in [1.165, 1.54) is 18.2 Å². The highest BCUT2D eigenvalue weighted by Crippen LogP contribution is 2.24. The second-order valence-electron chi connectivity index (χ2n) is 4.05. The fourth-order valence-corrected chi connectivity index (χ4v) is 2.41. The molecular weight excluding hydrogens is 401 g/mol. The third kappa shape index (κ3) is 3.12. The Morgan fingerprint density at radius 3 is 2.25 bits per heavy atom. The van der Waals surface area contributed by atoms with Crippen molar-refractivity contribution in [2.75, 3.05) is 0 Å². The molecule has 104 valence electrons. The van der Waals surface area contributed by atoms with Gasteiger partial charge in [-0.2, -0.15) is 0 Å². The lowest BCUT2D eigenvalue weighted by molar-refractivity contribution is 0.0990. The molecule has 0 N–H and O–H groups in total. The monoisotopic (exact) mass is 406 g/mol. The zero-order chi connectivity index (χ0) is 14.9. The fourth-order valence-electron chi connectivity index (χ4n) is 1.66. The van der Waals surface area contributed by atoms with E-state index in [1.54, 1.807) is 0 Å². The summed E-state index contributed by atoms with van der Waals surface area (Å²) in [6.45, 7) is 0. The molecule has 1 nitrogen and oxygen atoms in total. The van der Waals surface area contributed by atoms with Crippen molar-refractivity contribution in [1.82, 2.24) is 0 Å². The summed E-state index contributed by atoms with van der Waals surface area (Å²) in [5.41, 5.74) is -0.137. The Hall–Kier alpha value is -1.14. The van der Waals surface area contributed by atoms with Crippen molar-refractivity contribution in [3.63, 3.8) is 0 Å². The van der Waals surface area contributed by atoms with Crippen molar-refractivity contribution in [2.45, 2.75) is 6.42 Å². The molecule has 20 heavy (non-hydrogen) atoms. The first-order valence-corrected chi connectivity index (χ1v) is 7.09. The molecule has 0 bridgehead atoms. The average molecular weight is 408 g/mol. The molecule has 0 aliphatic rings. The molecule has 0 radical (unpaired) electrons. The molecule has 6 heteroatoms. The second-order valence-corrected chi connectivity index (χ2v) is 5.76. The van der Waals surface area contributed by atoms with E-state index in [2.05, 4.69) is 31.9 Å². The van der Waals surface area contributed by atoms with Gasteiger partial charge in [0, 0.05) is 17.5 Å². The van der Waals surface area contributed by atoms with Gasteiger partial charge in [-0.3, -0.25) is 4.79 Å². The van der Waals surface area contributed by atoms with Crippen LogP contribution in [0.4, 0.5) is 13.2 Å². The summed E-state index contributed by atoms with van der Waals surface area (Å²) < 4.78 is 40.6. The Kier molecular flexibility index (Phi) is 4.65. The summed E-state index contributed by atoms with van der Waals surface area (Å²) in [6, 6.07) is 5.98. The molecular formula is C14H7Br2F3O. The molecule has 0 amide bonds. The lowest BCUT2D eigenvalue weighted by Crippen LogP contribution is -2.08. The Balaban J connectivity index is 2.32. The van der Waals surface area contributed by atoms with Crippen LogP contribution < -0.4 is 0 Å². The van der Waals surface area contributed by atoms with Crippen molar-refractivity contribution >= 4 is 37.6 Å². The Bertz CT molecular complexity index is 686. The SMILES string of the molecule is O=C(Cc1c(F)ccc(Br)c1F)c1ccc(F)c(Br)c1. The first kappa shape index (κ1) is 15.3. The maximum atomic E-state index is 13.8. The van der Waals surface area contributed by atoms with Crippen LogP contribution in [0.25, 0.3) is 0 Å². The van der Waals surface area contributed by atoms with Crippen LogP contribution in [0.15, 0.2) is 39.3 Å². The van der Waals surface area contributed by atoms with Crippen LogP contribution in [0.5, 0.6) is 0 Å². The van der Waals surface area contributed by atoms with Crippen LogP contribution >= 0.6 is 31.9 Å². The zero-order valence-corrected chi connectivity index (χ0v) is 13.1. The van der Waals surface area contributed by atoms with Crippen molar-refractivity contribution in [3.05, 3.63) is 67.9 Å². The fraction of sp³-hybridized carbons (Fsp3) is 0.0714. The summed E-state index contributed by atoms with van der Waals surface area (Å²) in [5, 5.41) is 0. The summed E-state index contributed by atoms with van der Waals surface area (Å²) in [5.74, 6) is -2.61. The van der Waals surface area contributed by atoms with Gasteiger partial charge in [-0.05, 0) is 62.2 Å². The minimum atomic E-state index is -0.806. The molecule has 0 spiro atoms. The number of carbonyl (C=O) groups excluding carboxylic acids is 1. The van der Waals surface area contributed by atoms with E-state index in [1.807, 2.05) is 0 Å². The Morgan fingerprint density at radius 2 is 1.60 bits per heavy atom. The molecule has 2 aromatic carbocycles. The summed E-state index contributed by atoms with van der Waals surface area (Å²) in [4.78, 5) is 12.0. The number of ketones is 1. The molecule has 0 unspecified atom stereocenters. The van der Waals surface area contributed by atoms with Crippen LogP contribution in [0.1, 0.15) is 15.9 Å². The van der Waals surface area contributed by atoms with Crippen LogP contribution in [0.3, 0.4) is 0 Å². The van der Waals surface area contributed by atoms with Gasteiger partial charge < -0.3 is 0 Å². The number of rotatable bonds is 3. The third-order valence-electron chi connectivity index (χ3n) is 2.72. The average Bonchev–Trinajstić information content (AvgIpc) is 2.42. The van der Waals surface area contributed by atoms with Gasteiger partial charge in [0.05, 0.1) is 8.95 Å². The first-order valence-electron chi connectivity index (χ1n) is 5.50. The standard InChI is InChI=1S/C14H7Br2F3O/c15-9-2-4-11(17)8(14(9)19)6-13(20)7-1-3-12(18)10(16)5-7/h1-5H,6H2. The van der Waals surface area contributed by atoms with E-state index >= 15 is 0 Å². The van der Waals surface area contributed by atoms with Gasteiger partial charge in [0.1, 0.15) is 17.5 Å². The highest BCUT2D eigenvalue weighted by atomic mass is 79.9. The maximum absolute atomic E-state index is 13.8. The lowest BCUT2D eigenvalue weighted by atomic mass is 10.0. The van der Waals surface area contributed by atoms with E-state index in [0.29, 0.717) is 0 Å². The number of hydrogen-bond acceptors (Lipinski definition) is 1. The maximum Gasteiger partial charge on any atom is 0.167 e. The normalized spacial score (nSPS) is 10.7. The predicted octanol–water partition coefficient (Wildman–Crippen LogP) is 5.05. The van der Waals surface area contributed by atoms with Crippen molar-refractivity contribution < 1.29 is 18.0 Å². The number of carbonyl (C=O) groups is 1. The minimum Gasteiger partial charge on any atom is -0.294 e. The molecule has 2 rings (SSSR count). The molecule has 0 aromatic heterocycles. The Labute approximate surface area is 130 Å². The molecule has 0 aliphatic carbocycles. The zero-order valence-electron chi connectivity index (χ0n) is 9.89. The van der Waals surface area contributed by atoms with E-state index in [0.717, 1.165) is 12.1 Å². The minimum absolute atomic E-state index is 0.0852.